The van der Waals surface area contributed by atoms with Crippen LogP contribution in [0.3, 0.4) is 0 Å². The number of aromatic nitrogens is 2. The molecule has 0 unspecified atom stereocenters. The maximum absolute atomic E-state index is 12.7. The van der Waals surface area contributed by atoms with Crippen molar-refractivity contribution in [2.24, 2.45) is 11.8 Å². The standard InChI is InChI=1S/C22H29N3O4/c1-13(2)25-21(27)17-10-6-5-9-16(17)20(24-25)22(28)29-12-19(26)23-18-11-7-8-14(3)15(18)4/h5-6,9-10,13-15,18H,7-8,11-12H2,1-4H3,(H,23,26)/t14-,15+,18+/m0/s1. The van der Waals surface area contributed by atoms with Gasteiger partial charge in [0.15, 0.2) is 12.3 Å². The molecule has 1 amide bonds. The molecule has 29 heavy (non-hydrogen) atoms. The molecule has 7 heteroatoms. The zero-order chi connectivity index (χ0) is 21.1. The van der Waals surface area contributed by atoms with Crippen LogP contribution in [0.4, 0.5) is 0 Å². The number of benzene rings is 1. The summed E-state index contributed by atoms with van der Waals surface area (Å²) in [5.74, 6) is -0.0746. The molecule has 1 fully saturated rings. The summed E-state index contributed by atoms with van der Waals surface area (Å²) in [7, 11) is 0. The maximum atomic E-state index is 12.7. The summed E-state index contributed by atoms with van der Waals surface area (Å²) in [5.41, 5.74) is -0.216. The van der Waals surface area contributed by atoms with Gasteiger partial charge in [-0.3, -0.25) is 9.59 Å². The Morgan fingerprint density at radius 3 is 2.59 bits per heavy atom. The van der Waals surface area contributed by atoms with Crippen molar-refractivity contribution in [2.75, 3.05) is 6.61 Å². The Bertz CT molecular complexity index is 966. The third-order valence-corrected chi connectivity index (χ3v) is 5.90. The minimum absolute atomic E-state index is 0.0429. The Hall–Kier alpha value is -2.70. The second kappa shape index (κ2) is 8.76. The van der Waals surface area contributed by atoms with E-state index in [0.717, 1.165) is 12.8 Å². The third-order valence-electron chi connectivity index (χ3n) is 5.90. The molecule has 7 nitrogen and oxygen atoms in total. The molecular weight excluding hydrogens is 370 g/mol. The molecule has 1 N–H and O–H groups in total. The summed E-state index contributed by atoms with van der Waals surface area (Å²) in [4.78, 5) is 37.6. The number of amides is 1. The van der Waals surface area contributed by atoms with E-state index in [1.807, 2.05) is 13.8 Å². The fourth-order valence-corrected chi connectivity index (χ4v) is 3.94. The Morgan fingerprint density at radius 2 is 1.90 bits per heavy atom. The SMILES string of the molecule is CC(C)n1nc(C(=O)OCC(=O)N[C@@H]2CCC[C@H](C)[C@H]2C)c2ccccc2c1=O. The van der Waals surface area contributed by atoms with Gasteiger partial charge in [0.1, 0.15) is 0 Å². The van der Waals surface area contributed by atoms with Gasteiger partial charge in [0.05, 0.1) is 11.4 Å². The molecule has 0 aliphatic heterocycles. The van der Waals surface area contributed by atoms with Gasteiger partial charge in [-0.05, 0) is 38.2 Å². The number of hydrogen-bond donors (Lipinski definition) is 1. The number of ether oxygens (including phenoxy) is 1. The van der Waals surface area contributed by atoms with E-state index in [1.54, 1.807) is 24.3 Å². The molecule has 3 rings (SSSR count). The van der Waals surface area contributed by atoms with Crippen LogP contribution >= 0.6 is 0 Å². The van der Waals surface area contributed by atoms with Crippen molar-refractivity contribution in [1.82, 2.24) is 15.1 Å². The van der Waals surface area contributed by atoms with Crippen LogP contribution in [0.2, 0.25) is 0 Å². The minimum Gasteiger partial charge on any atom is -0.451 e. The van der Waals surface area contributed by atoms with Crippen molar-refractivity contribution >= 4 is 22.6 Å². The van der Waals surface area contributed by atoms with Crippen molar-refractivity contribution in [3.05, 3.63) is 40.3 Å². The molecule has 156 valence electrons. The van der Waals surface area contributed by atoms with Crippen LogP contribution in [0.15, 0.2) is 29.1 Å². The highest BCUT2D eigenvalue weighted by atomic mass is 16.5. The highest BCUT2D eigenvalue weighted by Gasteiger charge is 2.28. The molecule has 0 radical (unpaired) electrons. The summed E-state index contributed by atoms with van der Waals surface area (Å²) in [6.45, 7) is 7.61. The highest BCUT2D eigenvalue weighted by molar-refractivity contribution is 6.02. The molecule has 1 aliphatic carbocycles. The Labute approximate surface area is 170 Å². The molecule has 1 saturated carbocycles. The fraction of sp³-hybridized carbons (Fsp3) is 0.545. The quantitative estimate of drug-likeness (QED) is 0.781. The first-order valence-corrected chi connectivity index (χ1v) is 10.3. The number of rotatable bonds is 5. The number of esters is 1. The summed E-state index contributed by atoms with van der Waals surface area (Å²) in [6, 6.07) is 6.69. The van der Waals surface area contributed by atoms with Crippen molar-refractivity contribution in [3.8, 4) is 0 Å². The van der Waals surface area contributed by atoms with E-state index in [-0.39, 0.29) is 35.9 Å². The predicted molar refractivity (Wildman–Crippen MR) is 111 cm³/mol. The van der Waals surface area contributed by atoms with Crippen LogP contribution in [0.25, 0.3) is 10.8 Å². The molecule has 0 saturated heterocycles. The molecule has 2 aromatic rings. The van der Waals surface area contributed by atoms with Gasteiger partial charge in [0, 0.05) is 11.4 Å². The van der Waals surface area contributed by atoms with Crippen molar-refractivity contribution in [1.29, 1.82) is 0 Å². The van der Waals surface area contributed by atoms with Crippen molar-refractivity contribution in [2.45, 2.75) is 59.0 Å². The van der Waals surface area contributed by atoms with Gasteiger partial charge >= 0.3 is 5.97 Å². The minimum atomic E-state index is -0.712. The van der Waals surface area contributed by atoms with E-state index in [0.29, 0.717) is 22.6 Å². The number of fused-ring (bicyclic) bond motifs is 1. The van der Waals surface area contributed by atoms with Gasteiger partial charge in [-0.25, -0.2) is 9.48 Å². The summed E-state index contributed by atoms with van der Waals surface area (Å²) in [5, 5.41) is 8.03. The van der Waals surface area contributed by atoms with Gasteiger partial charge in [-0.2, -0.15) is 5.10 Å². The third kappa shape index (κ3) is 4.49. The van der Waals surface area contributed by atoms with Gasteiger partial charge in [0.25, 0.3) is 11.5 Å². The summed E-state index contributed by atoms with van der Waals surface area (Å²) < 4.78 is 6.52. The van der Waals surface area contributed by atoms with E-state index in [2.05, 4.69) is 24.3 Å². The van der Waals surface area contributed by atoms with Crippen LogP contribution in [0, 0.1) is 11.8 Å². The summed E-state index contributed by atoms with van der Waals surface area (Å²) in [6.07, 6.45) is 3.20. The average molecular weight is 399 g/mol. The molecule has 0 spiro atoms. The number of carbonyl (C=O) groups is 2. The molecule has 3 atom stereocenters. The lowest BCUT2D eigenvalue weighted by Gasteiger charge is -2.34. The second-order valence-corrected chi connectivity index (χ2v) is 8.26. The lowest BCUT2D eigenvalue weighted by Crippen LogP contribution is -2.45. The largest absolute Gasteiger partial charge is 0.451 e. The summed E-state index contributed by atoms with van der Waals surface area (Å²) >= 11 is 0. The zero-order valence-corrected chi connectivity index (χ0v) is 17.5. The van der Waals surface area contributed by atoms with Gasteiger partial charge in [-0.1, -0.05) is 44.9 Å². The van der Waals surface area contributed by atoms with Crippen molar-refractivity contribution < 1.29 is 14.3 Å². The normalized spacial score (nSPS) is 21.9. The molecule has 0 bridgehead atoms. The zero-order valence-electron chi connectivity index (χ0n) is 17.5. The van der Waals surface area contributed by atoms with Crippen LogP contribution < -0.4 is 10.9 Å². The number of carbonyl (C=O) groups excluding carboxylic acids is 2. The van der Waals surface area contributed by atoms with Crippen LogP contribution in [0.1, 0.15) is 63.5 Å². The smallest absolute Gasteiger partial charge is 0.359 e. The molecule has 1 aliphatic rings. The first-order chi connectivity index (χ1) is 13.8. The van der Waals surface area contributed by atoms with E-state index in [4.69, 9.17) is 4.74 Å². The van der Waals surface area contributed by atoms with Crippen LogP contribution in [-0.2, 0) is 9.53 Å². The van der Waals surface area contributed by atoms with Crippen LogP contribution in [0.5, 0.6) is 0 Å². The van der Waals surface area contributed by atoms with E-state index in [1.165, 1.54) is 11.1 Å². The van der Waals surface area contributed by atoms with Crippen molar-refractivity contribution in [3.63, 3.8) is 0 Å². The first kappa shape index (κ1) is 21.0. The Morgan fingerprint density at radius 1 is 1.21 bits per heavy atom. The molecule has 1 aromatic carbocycles. The number of hydrogen-bond acceptors (Lipinski definition) is 5. The topological polar surface area (TPSA) is 90.3 Å². The second-order valence-electron chi connectivity index (χ2n) is 8.26. The first-order valence-electron chi connectivity index (χ1n) is 10.3. The molecular formula is C22H29N3O4. The van der Waals surface area contributed by atoms with E-state index in [9.17, 15) is 14.4 Å². The van der Waals surface area contributed by atoms with Gasteiger partial charge in [-0.15, -0.1) is 0 Å². The molecule has 1 aromatic heterocycles. The van der Waals surface area contributed by atoms with Gasteiger partial charge in [0.2, 0.25) is 0 Å². The number of nitrogens with zero attached hydrogens (tertiary/aromatic N) is 2. The Kier molecular flexibility index (Phi) is 6.35. The lowest BCUT2D eigenvalue weighted by atomic mass is 9.78. The monoisotopic (exact) mass is 399 g/mol. The van der Waals surface area contributed by atoms with Gasteiger partial charge < -0.3 is 10.1 Å². The Balaban J connectivity index is 1.74. The number of nitrogens with one attached hydrogen (secondary N) is 1. The fourth-order valence-electron chi connectivity index (χ4n) is 3.94. The van der Waals surface area contributed by atoms with Crippen LogP contribution in [-0.4, -0.2) is 34.3 Å². The average Bonchev–Trinajstić information content (AvgIpc) is 2.70. The lowest BCUT2D eigenvalue weighted by molar-refractivity contribution is -0.125. The predicted octanol–water partition coefficient (Wildman–Crippen LogP) is 3.08. The van der Waals surface area contributed by atoms with E-state index < -0.39 is 5.97 Å². The molecule has 1 heterocycles. The van der Waals surface area contributed by atoms with E-state index >= 15 is 0 Å². The maximum Gasteiger partial charge on any atom is 0.359 e. The highest BCUT2D eigenvalue weighted by Crippen LogP contribution is 2.29.